The van der Waals surface area contributed by atoms with E-state index in [-0.39, 0.29) is 17.4 Å². The number of carbonyl (C=O) groups excluding carboxylic acids is 1. The molecule has 0 fully saturated rings. The van der Waals surface area contributed by atoms with Gasteiger partial charge in [-0.1, -0.05) is 35.9 Å². The molecule has 3 aromatic rings. The number of aryl methyl sites for hydroxylation is 4. The van der Waals surface area contributed by atoms with Gasteiger partial charge in [0.2, 0.25) is 0 Å². The van der Waals surface area contributed by atoms with Crippen LogP contribution in [0, 0.1) is 27.7 Å². The molecule has 0 aromatic heterocycles. The molecule has 0 aliphatic rings. The van der Waals surface area contributed by atoms with Gasteiger partial charge in [-0.05, 0) is 80.3 Å². The Morgan fingerprint density at radius 2 is 1.56 bits per heavy atom. The quantitative estimate of drug-likeness (QED) is 0.530. The molecule has 3 rings (SSSR count). The number of ether oxygens (including phenoxy) is 1. The number of hydrogen-bond donors (Lipinski definition) is 2. The molecule has 0 spiro atoms. The average Bonchev–Trinajstić information content (AvgIpc) is 2.75. The highest BCUT2D eigenvalue weighted by atomic mass is 32.2. The van der Waals surface area contributed by atoms with Crippen LogP contribution in [0.3, 0.4) is 0 Å². The first kappa shape index (κ1) is 23.3. The van der Waals surface area contributed by atoms with Crippen LogP contribution in [0.25, 0.3) is 0 Å². The van der Waals surface area contributed by atoms with Crippen LogP contribution in [0.1, 0.15) is 27.8 Å². The lowest BCUT2D eigenvalue weighted by Crippen LogP contribution is -2.28. The maximum absolute atomic E-state index is 12.8. The minimum atomic E-state index is -3.74. The number of nitrogens with one attached hydrogen (secondary N) is 2. The van der Waals surface area contributed by atoms with Crippen molar-refractivity contribution in [1.29, 1.82) is 0 Å². The van der Waals surface area contributed by atoms with Crippen LogP contribution >= 0.6 is 0 Å². The summed E-state index contributed by atoms with van der Waals surface area (Å²) in [5, 5.41) is 2.81. The maximum atomic E-state index is 12.8. The SMILES string of the molecule is Cc1ccc(CNC(=O)COc2ccc(S(=O)(=O)Nc3ccc(C)c(C)c3)cc2C)cc1. The molecule has 0 unspecified atom stereocenters. The van der Waals surface area contributed by atoms with E-state index in [2.05, 4.69) is 10.0 Å². The van der Waals surface area contributed by atoms with Crippen molar-refractivity contribution in [3.63, 3.8) is 0 Å². The average molecular weight is 453 g/mol. The summed E-state index contributed by atoms with van der Waals surface area (Å²) in [5.74, 6) is 0.207. The van der Waals surface area contributed by atoms with Crippen molar-refractivity contribution in [2.45, 2.75) is 39.1 Å². The monoisotopic (exact) mass is 452 g/mol. The van der Waals surface area contributed by atoms with Crippen LogP contribution in [0.2, 0.25) is 0 Å². The van der Waals surface area contributed by atoms with Crippen LogP contribution in [0.4, 0.5) is 5.69 Å². The van der Waals surface area contributed by atoms with Gasteiger partial charge < -0.3 is 10.1 Å². The van der Waals surface area contributed by atoms with Crippen molar-refractivity contribution >= 4 is 21.6 Å². The van der Waals surface area contributed by atoms with Crippen LogP contribution in [0.15, 0.2) is 65.6 Å². The molecule has 0 atom stereocenters. The number of benzene rings is 3. The molecular weight excluding hydrogens is 424 g/mol. The topological polar surface area (TPSA) is 84.5 Å². The second kappa shape index (κ2) is 9.87. The number of anilines is 1. The van der Waals surface area contributed by atoms with Crippen LogP contribution < -0.4 is 14.8 Å². The number of sulfonamides is 1. The van der Waals surface area contributed by atoms with E-state index in [9.17, 15) is 13.2 Å². The van der Waals surface area contributed by atoms with Gasteiger partial charge in [0.1, 0.15) is 5.75 Å². The predicted molar refractivity (Wildman–Crippen MR) is 126 cm³/mol. The van der Waals surface area contributed by atoms with Crippen LogP contribution in [-0.4, -0.2) is 20.9 Å². The van der Waals surface area contributed by atoms with E-state index in [4.69, 9.17) is 4.74 Å². The summed E-state index contributed by atoms with van der Waals surface area (Å²) in [7, 11) is -3.74. The first-order chi connectivity index (χ1) is 15.1. The van der Waals surface area contributed by atoms with Gasteiger partial charge in [0.25, 0.3) is 15.9 Å². The molecular formula is C25H28N2O4S. The Labute approximate surface area is 189 Å². The van der Waals surface area contributed by atoms with Crippen molar-refractivity contribution in [3.05, 3.63) is 88.5 Å². The molecule has 2 N–H and O–H groups in total. The number of carbonyl (C=O) groups is 1. The van der Waals surface area contributed by atoms with E-state index in [1.165, 1.54) is 12.1 Å². The molecule has 7 heteroatoms. The molecule has 168 valence electrons. The molecule has 3 aromatic carbocycles. The molecule has 0 heterocycles. The first-order valence-electron chi connectivity index (χ1n) is 10.3. The fourth-order valence-corrected chi connectivity index (χ4v) is 4.21. The van der Waals surface area contributed by atoms with E-state index in [0.29, 0.717) is 23.5 Å². The summed E-state index contributed by atoms with van der Waals surface area (Å²) in [5.41, 5.74) is 5.40. The maximum Gasteiger partial charge on any atom is 0.261 e. The van der Waals surface area contributed by atoms with Gasteiger partial charge in [-0.25, -0.2) is 8.42 Å². The number of amides is 1. The highest BCUT2D eigenvalue weighted by molar-refractivity contribution is 7.92. The fourth-order valence-electron chi connectivity index (χ4n) is 3.07. The van der Waals surface area contributed by atoms with Crippen LogP contribution in [0.5, 0.6) is 5.75 Å². The molecule has 0 radical (unpaired) electrons. The third kappa shape index (κ3) is 6.11. The Kier molecular flexibility index (Phi) is 7.20. The van der Waals surface area contributed by atoms with Gasteiger partial charge in [-0.3, -0.25) is 9.52 Å². The molecule has 0 aliphatic carbocycles. The highest BCUT2D eigenvalue weighted by Gasteiger charge is 2.16. The third-order valence-electron chi connectivity index (χ3n) is 5.18. The molecule has 0 saturated heterocycles. The standard InChI is InChI=1S/C25H28N2O4S/c1-17-5-8-21(9-6-17)15-26-25(28)16-31-24-12-11-23(14-20(24)4)32(29,30)27-22-10-7-18(2)19(3)13-22/h5-14,27H,15-16H2,1-4H3,(H,26,28). The Hall–Kier alpha value is -3.32. The predicted octanol–water partition coefficient (Wildman–Crippen LogP) is 4.42. The van der Waals surface area contributed by atoms with Gasteiger partial charge in [0, 0.05) is 12.2 Å². The van der Waals surface area contributed by atoms with Crippen molar-refractivity contribution < 1.29 is 17.9 Å². The Morgan fingerprint density at radius 1 is 0.844 bits per heavy atom. The Balaban J connectivity index is 1.59. The smallest absolute Gasteiger partial charge is 0.261 e. The minimum Gasteiger partial charge on any atom is -0.484 e. The van der Waals surface area contributed by atoms with Gasteiger partial charge in [-0.15, -0.1) is 0 Å². The van der Waals surface area contributed by atoms with Gasteiger partial charge in [0.05, 0.1) is 4.90 Å². The summed E-state index contributed by atoms with van der Waals surface area (Å²) in [6.07, 6.45) is 0. The molecule has 0 saturated carbocycles. The second-order valence-corrected chi connectivity index (χ2v) is 9.57. The molecule has 6 nitrogen and oxygen atoms in total. The van der Waals surface area contributed by atoms with E-state index in [1.54, 1.807) is 25.1 Å². The lowest BCUT2D eigenvalue weighted by Gasteiger charge is -2.13. The highest BCUT2D eigenvalue weighted by Crippen LogP contribution is 2.24. The Bertz CT molecular complexity index is 1220. The molecule has 1 amide bonds. The van der Waals surface area contributed by atoms with Gasteiger partial charge in [0.15, 0.2) is 6.61 Å². The lowest BCUT2D eigenvalue weighted by molar-refractivity contribution is -0.123. The van der Waals surface area contributed by atoms with Crippen molar-refractivity contribution in [2.75, 3.05) is 11.3 Å². The normalized spacial score (nSPS) is 11.1. The molecule has 0 aliphatic heterocycles. The van der Waals surface area contributed by atoms with Gasteiger partial charge in [-0.2, -0.15) is 0 Å². The Morgan fingerprint density at radius 3 is 2.22 bits per heavy atom. The van der Waals surface area contributed by atoms with E-state index in [1.807, 2.05) is 51.1 Å². The minimum absolute atomic E-state index is 0.129. The second-order valence-electron chi connectivity index (χ2n) is 7.88. The third-order valence-corrected chi connectivity index (χ3v) is 6.56. The zero-order valence-corrected chi connectivity index (χ0v) is 19.5. The zero-order chi connectivity index (χ0) is 23.3. The van der Waals surface area contributed by atoms with Crippen molar-refractivity contribution in [2.24, 2.45) is 0 Å². The van der Waals surface area contributed by atoms with Crippen molar-refractivity contribution in [3.8, 4) is 5.75 Å². The summed E-state index contributed by atoms with van der Waals surface area (Å²) < 4.78 is 33.7. The summed E-state index contributed by atoms with van der Waals surface area (Å²) in [6, 6.07) is 17.9. The summed E-state index contributed by atoms with van der Waals surface area (Å²) in [6.45, 7) is 7.92. The number of rotatable bonds is 8. The number of hydrogen-bond acceptors (Lipinski definition) is 4. The summed E-state index contributed by atoms with van der Waals surface area (Å²) >= 11 is 0. The van der Waals surface area contributed by atoms with Crippen LogP contribution in [-0.2, 0) is 21.4 Å². The van der Waals surface area contributed by atoms with Gasteiger partial charge >= 0.3 is 0 Å². The van der Waals surface area contributed by atoms with E-state index >= 15 is 0 Å². The first-order valence-corrected chi connectivity index (χ1v) is 11.8. The molecule has 32 heavy (non-hydrogen) atoms. The van der Waals surface area contributed by atoms with E-state index < -0.39 is 10.0 Å². The molecule has 0 bridgehead atoms. The van der Waals surface area contributed by atoms with Crippen molar-refractivity contribution in [1.82, 2.24) is 5.32 Å². The summed E-state index contributed by atoms with van der Waals surface area (Å²) in [4.78, 5) is 12.2. The zero-order valence-electron chi connectivity index (χ0n) is 18.7. The van der Waals surface area contributed by atoms with E-state index in [0.717, 1.165) is 22.3 Å². The largest absolute Gasteiger partial charge is 0.484 e. The fraction of sp³-hybridized carbons (Fsp3) is 0.240. The lowest BCUT2D eigenvalue weighted by atomic mass is 10.1.